The van der Waals surface area contributed by atoms with Crippen molar-refractivity contribution in [1.29, 1.82) is 0 Å². The zero-order valence-electron chi connectivity index (χ0n) is 23.9. The van der Waals surface area contributed by atoms with Gasteiger partial charge in [-0.25, -0.2) is 0 Å². The fourth-order valence-corrected chi connectivity index (χ4v) is 10.0. The van der Waals surface area contributed by atoms with Gasteiger partial charge < -0.3 is 20.6 Å². The third-order valence-corrected chi connectivity index (χ3v) is 12.1. The molecule has 0 unspecified atom stereocenters. The van der Waals surface area contributed by atoms with E-state index in [2.05, 4.69) is 36.2 Å². The molecule has 0 bridgehead atoms. The lowest BCUT2D eigenvalue weighted by Crippen LogP contribution is -2.65. The Balaban J connectivity index is 1.48. The average molecular weight is 569 g/mol. The SMILES string of the molecule is C[C@H](CCC(=O)O)[C@H]1CC[C@H]2[C@@H]3[C@@H](NC(=O)c4cccc(N=C=S)c4)C[C@@H]4C[C@H](O)CC[C@]4(C)[C@H]3C[C@H](O)[C@]12C. The minimum absolute atomic E-state index is 0.00830. The molecule has 11 atom stereocenters. The number of isothiocyanates is 1. The monoisotopic (exact) mass is 568 g/mol. The molecule has 4 aliphatic rings. The Bertz CT molecular complexity index is 1190. The summed E-state index contributed by atoms with van der Waals surface area (Å²) in [7, 11) is 0. The molecule has 1 aromatic carbocycles. The number of carbonyl (C=O) groups excluding carboxylic acids is 1. The van der Waals surface area contributed by atoms with Crippen LogP contribution in [0.4, 0.5) is 5.69 Å². The second-order valence-electron chi connectivity index (χ2n) is 13.7. The summed E-state index contributed by atoms with van der Waals surface area (Å²) in [4.78, 5) is 29.0. The van der Waals surface area contributed by atoms with Crippen molar-refractivity contribution < 1.29 is 24.9 Å². The largest absolute Gasteiger partial charge is 0.481 e. The molecular formula is C32H44N2O5S. The Kier molecular flexibility index (Phi) is 8.28. The van der Waals surface area contributed by atoms with Crippen molar-refractivity contribution in [2.75, 3.05) is 0 Å². The maximum Gasteiger partial charge on any atom is 0.303 e. The molecule has 0 spiro atoms. The molecule has 4 N–H and O–H groups in total. The lowest BCUT2D eigenvalue weighted by Gasteiger charge is -2.64. The van der Waals surface area contributed by atoms with Crippen LogP contribution in [0.2, 0.25) is 0 Å². The van der Waals surface area contributed by atoms with Gasteiger partial charge in [0.2, 0.25) is 0 Å². The quantitative estimate of drug-likeness (QED) is 0.250. The Morgan fingerprint density at radius 2 is 1.93 bits per heavy atom. The van der Waals surface area contributed by atoms with E-state index < -0.39 is 12.1 Å². The Hall–Kier alpha value is -2.12. The van der Waals surface area contributed by atoms with E-state index in [-0.39, 0.29) is 70.8 Å². The highest BCUT2D eigenvalue weighted by Gasteiger charge is 2.66. The van der Waals surface area contributed by atoms with Gasteiger partial charge in [0.15, 0.2) is 0 Å². The van der Waals surface area contributed by atoms with Crippen molar-refractivity contribution in [3.8, 4) is 0 Å². The van der Waals surface area contributed by atoms with Crippen molar-refractivity contribution in [2.45, 2.75) is 96.8 Å². The van der Waals surface area contributed by atoms with Crippen LogP contribution in [0, 0.1) is 46.3 Å². The smallest absolute Gasteiger partial charge is 0.303 e. The second-order valence-corrected chi connectivity index (χ2v) is 13.9. The second kappa shape index (κ2) is 11.3. The number of thiocarbonyl (C=S) groups is 1. The fraction of sp³-hybridized carbons (Fsp3) is 0.719. The molecular weight excluding hydrogens is 524 g/mol. The Morgan fingerprint density at radius 3 is 2.65 bits per heavy atom. The standard InChI is InChI=1S/C32H44N2O5S/c1-18(7-10-28(37)38)23-8-9-24-29-25(16-27(36)32(23,24)3)31(2)12-11-22(35)14-20(31)15-26(29)34-30(39)19-5-4-6-21(13-19)33-17-40/h4-6,13,18,20,22-27,29,35-36H,7-12,14-16H2,1-3H3,(H,34,39)(H,37,38)/t18-,20+,22-,23-,24+,25+,26+,27+,29+,31+,32-/m1/s1. The number of hydrogen-bond donors (Lipinski definition) is 4. The molecule has 0 aromatic heterocycles. The van der Waals surface area contributed by atoms with Crippen LogP contribution in [0.25, 0.3) is 0 Å². The number of carbonyl (C=O) groups is 2. The zero-order chi connectivity index (χ0) is 28.8. The van der Waals surface area contributed by atoms with Crippen molar-refractivity contribution in [3.63, 3.8) is 0 Å². The van der Waals surface area contributed by atoms with Crippen molar-refractivity contribution >= 4 is 34.9 Å². The molecule has 40 heavy (non-hydrogen) atoms. The number of carboxylic acid groups (broad SMARTS) is 1. The lowest BCUT2D eigenvalue weighted by molar-refractivity contribution is -0.182. The normalized spacial score (nSPS) is 41.0. The number of amides is 1. The Labute approximate surface area is 242 Å². The van der Waals surface area contributed by atoms with Crippen LogP contribution in [0.15, 0.2) is 29.3 Å². The van der Waals surface area contributed by atoms with Crippen LogP contribution >= 0.6 is 12.2 Å². The maximum absolute atomic E-state index is 13.7. The summed E-state index contributed by atoms with van der Waals surface area (Å²) >= 11 is 4.74. The molecule has 0 aliphatic heterocycles. The topological polar surface area (TPSA) is 119 Å². The van der Waals surface area contributed by atoms with E-state index in [9.17, 15) is 24.9 Å². The van der Waals surface area contributed by atoms with Gasteiger partial charge in [0.25, 0.3) is 5.91 Å². The summed E-state index contributed by atoms with van der Waals surface area (Å²) in [5.41, 5.74) is 0.807. The minimum Gasteiger partial charge on any atom is -0.481 e. The van der Waals surface area contributed by atoms with E-state index >= 15 is 0 Å². The van der Waals surface area contributed by atoms with E-state index in [0.29, 0.717) is 24.1 Å². The summed E-state index contributed by atoms with van der Waals surface area (Å²) in [6.07, 6.45) is 5.88. The predicted octanol–water partition coefficient (Wildman–Crippen LogP) is 5.62. The molecule has 4 saturated carbocycles. The number of carboxylic acids is 1. The van der Waals surface area contributed by atoms with Crippen LogP contribution in [0.5, 0.6) is 0 Å². The number of aliphatic hydroxyl groups excluding tert-OH is 2. The average Bonchev–Trinajstić information content (AvgIpc) is 3.27. The van der Waals surface area contributed by atoms with Gasteiger partial charge in [0, 0.05) is 18.0 Å². The number of hydrogen-bond acceptors (Lipinski definition) is 6. The highest BCUT2D eigenvalue weighted by Crippen LogP contribution is 2.68. The number of aliphatic hydroxyl groups is 2. The van der Waals surface area contributed by atoms with Gasteiger partial charge in [-0.05, 0) is 128 Å². The molecule has 5 rings (SSSR count). The summed E-state index contributed by atoms with van der Waals surface area (Å²) in [5, 5.41) is 37.6. The number of rotatable bonds is 7. The van der Waals surface area contributed by atoms with Gasteiger partial charge in [-0.1, -0.05) is 26.8 Å². The summed E-state index contributed by atoms with van der Waals surface area (Å²) in [6, 6.07) is 7.04. The summed E-state index contributed by atoms with van der Waals surface area (Å²) < 4.78 is 0. The highest BCUT2D eigenvalue weighted by molar-refractivity contribution is 7.78. The van der Waals surface area contributed by atoms with Gasteiger partial charge in [0.1, 0.15) is 0 Å². The molecule has 7 nitrogen and oxygen atoms in total. The van der Waals surface area contributed by atoms with E-state index in [0.717, 1.165) is 38.5 Å². The first-order valence-electron chi connectivity index (χ1n) is 15.1. The van der Waals surface area contributed by atoms with Gasteiger partial charge in [-0.15, -0.1) is 0 Å². The maximum atomic E-state index is 13.7. The summed E-state index contributed by atoms with van der Waals surface area (Å²) in [5.74, 6) is 0.505. The fourth-order valence-electron chi connectivity index (χ4n) is 9.90. The first-order valence-corrected chi connectivity index (χ1v) is 15.5. The number of aliphatic imine (C=N–C) groups is 1. The number of nitrogens with one attached hydrogen (secondary N) is 1. The van der Waals surface area contributed by atoms with E-state index in [1.54, 1.807) is 24.3 Å². The minimum atomic E-state index is -0.773. The third kappa shape index (κ3) is 5.06. The van der Waals surface area contributed by atoms with Crippen LogP contribution in [0.1, 0.15) is 88.9 Å². The van der Waals surface area contributed by atoms with Crippen molar-refractivity contribution in [1.82, 2.24) is 5.32 Å². The van der Waals surface area contributed by atoms with Crippen LogP contribution in [-0.2, 0) is 4.79 Å². The first-order chi connectivity index (χ1) is 19.0. The molecule has 0 radical (unpaired) electrons. The number of fused-ring (bicyclic) bond motifs is 5. The third-order valence-electron chi connectivity index (χ3n) is 12.0. The first kappa shape index (κ1) is 29.4. The lowest BCUT2D eigenvalue weighted by atomic mass is 9.42. The predicted molar refractivity (Wildman–Crippen MR) is 156 cm³/mol. The van der Waals surface area contributed by atoms with Gasteiger partial charge in [-0.2, -0.15) is 4.99 Å². The van der Waals surface area contributed by atoms with Gasteiger partial charge >= 0.3 is 5.97 Å². The summed E-state index contributed by atoms with van der Waals surface area (Å²) in [6.45, 7) is 6.75. The van der Waals surface area contributed by atoms with Gasteiger partial charge in [-0.3, -0.25) is 9.59 Å². The molecule has 0 heterocycles. The molecule has 8 heteroatoms. The van der Waals surface area contributed by atoms with Crippen molar-refractivity contribution in [2.24, 2.45) is 51.3 Å². The van der Waals surface area contributed by atoms with E-state index in [1.165, 1.54) is 0 Å². The zero-order valence-corrected chi connectivity index (χ0v) is 24.7. The van der Waals surface area contributed by atoms with E-state index in [4.69, 9.17) is 12.2 Å². The van der Waals surface area contributed by atoms with Gasteiger partial charge in [0.05, 0.1) is 23.1 Å². The number of nitrogens with zero attached hydrogens (tertiary/aromatic N) is 1. The van der Waals surface area contributed by atoms with Crippen molar-refractivity contribution in [3.05, 3.63) is 29.8 Å². The molecule has 1 aromatic rings. The van der Waals surface area contributed by atoms with Crippen LogP contribution in [0.3, 0.4) is 0 Å². The number of benzene rings is 1. The molecule has 4 fully saturated rings. The molecule has 0 saturated heterocycles. The molecule has 218 valence electrons. The highest BCUT2D eigenvalue weighted by atomic mass is 32.1. The molecule has 4 aliphatic carbocycles. The van der Waals surface area contributed by atoms with Crippen LogP contribution in [-0.4, -0.2) is 50.6 Å². The molecule has 1 amide bonds. The number of aliphatic carboxylic acids is 1. The Morgan fingerprint density at radius 1 is 1.15 bits per heavy atom. The van der Waals surface area contributed by atoms with Crippen LogP contribution < -0.4 is 5.32 Å². The van der Waals surface area contributed by atoms with E-state index in [1.807, 2.05) is 0 Å².